The molecule has 1 aromatic heterocycles. The Hall–Kier alpha value is -0.910. The van der Waals surface area contributed by atoms with E-state index in [9.17, 15) is 0 Å². The lowest BCUT2D eigenvalue weighted by atomic mass is 10.1. The summed E-state index contributed by atoms with van der Waals surface area (Å²) < 4.78 is 0. The summed E-state index contributed by atoms with van der Waals surface area (Å²) in [4.78, 5) is 0. The summed E-state index contributed by atoms with van der Waals surface area (Å²) in [6.45, 7) is 3.05. The molecule has 5 heteroatoms. The van der Waals surface area contributed by atoms with Gasteiger partial charge in [-0.05, 0) is 30.7 Å². The highest BCUT2D eigenvalue weighted by Crippen LogP contribution is 2.41. The molecule has 2 heterocycles. The molecule has 20 heavy (non-hydrogen) atoms. The molecule has 1 fully saturated rings. The minimum atomic E-state index is 0.166. The fourth-order valence-corrected chi connectivity index (χ4v) is 4.92. The van der Waals surface area contributed by atoms with Gasteiger partial charge in [-0.3, -0.25) is 0 Å². The van der Waals surface area contributed by atoms with Crippen LogP contribution >= 0.6 is 23.1 Å². The van der Waals surface area contributed by atoms with Crippen molar-refractivity contribution in [1.82, 2.24) is 15.5 Å². The number of hydrogen-bond donors (Lipinski definition) is 1. The summed E-state index contributed by atoms with van der Waals surface area (Å²) in [6, 6.07) is 10.7. The molecule has 1 aliphatic rings. The van der Waals surface area contributed by atoms with Crippen LogP contribution in [0.4, 0.5) is 0 Å². The Labute approximate surface area is 128 Å². The van der Waals surface area contributed by atoms with Crippen molar-refractivity contribution in [3.05, 3.63) is 45.9 Å². The van der Waals surface area contributed by atoms with E-state index in [0.717, 1.165) is 11.6 Å². The zero-order valence-electron chi connectivity index (χ0n) is 11.6. The summed E-state index contributed by atoms with van der Waals surface area (Å²) in [6.07, 6.45) is 2.55. The normalized spacial score (nSPS) is 20.1. The van der Waals surface area contributed by atoms with Gasteiger partial charge in [0.15, 0.2) is 0 Å². The molecule has 3 rings (SSSR count). The maximum Gasteiger partial charge on any atom is 0.139 e. The minimum absolute atomic E-state index is 0.166. The Bertz CT molecular complexity index is 535. The van der Waals surface area contributed by atoms with Crippen LogP contribution in [-0.2, 0) is 0 Å². The van der Waals surface area contributed by atoms with E-state index in [2.05, 4.69) is 46.7 Å². The predicted octanol–water partition coefficient (Wildman–Crippen LogP) is 3.81. The molecular formula is C15H19N3S2. The van der Waals surface area contributed by atoms with Crippen LogP contribution in [0.25, 0.3) is 0 Å². The van der Waals surface area contributed by atoms with Gasteiger partial charge in [-0.1, -0.05) is 48.6 Å². The first-order valence-corrected chi connectivity index (χ1v) is 8.98. The number of nitrogens with zero attached hydrogens (tertiary/aromatic N) is 2. The maximum absolute atomic E-state index is 4.45. The number of rotatable bonds is 5. The van der Waals surface area contributed by atoms with E-state index < -0.39 is 0 Å². The van der Waals surface area contributed by atoms with Crippen LogP contribution in [-0.4, -0.2) is 22.5 Å². The lowest BCUT2D eigenvalue weighted by Crippen LogP contribution is -2.21. The molecular weight excluding hydrogens is 286 g/mol. The molecule has 0 aliphatic carbocycles. The van der Waals surface area contributed by atoms with Crippen LogP contribution in [0.2, 0.25) is 0 Å². The summed E-state index contributed by atoms with van der Waals surface area (Å²) in [5.41, 5.74) is 1.26. The molecule has 3 nitrogen and oxygen atoms in total. The third-order valence-electron chi connectivity index (χ3n) is 3.45. The largest absolute Gasteiger partial charge is 0.304 e. The van der Waals surface area contributed by atoms with Crippen molar-refractivity contribution in [2.45, 2.75) is 31.1 Å². The van der Waals surface area contributed by atoms with Gasteiger partial charge >= 0.3 is 0 Å². The fraction of sp³-hybridized carbons (Fsp3) is 0.467. The van der Waals surface area contributed by atoms with Crippen LogP contribution in [0.5, 0.6) is 0 Å². The van der Waals surface area contributed by atoms with E-state index in [4.69, 9.17) is 0 Å². The van der Waals surface area contributed by atoms with Crippen molar-refractivity contribution in [2.24, 2.45) is 0 Å². The number of thioether (sulfide) groups is 1. The van der Waals surface area contributed by atoms with Gasteiger partial charge < -0.3 is 5.32 Å². The number of benzene rings is 1. The van der Waals surface area contributed by atoms with Gasteiger partial charge in [-0.2, -0.15) is 11.8 Å². The Morgan fingerprint density at radius 1 is 1.30 bits per heavy atom. The van der Waals surface area contributed by atoms with Crippen LogP contribution in [0.3, 0.4) is 0 Å². The first-order valence-electron chi connectivity index (χ1n) is 7.11. The molecule has 2 unspecified atom stereocenters. The Kier molecular flexibility index (Phi) is 4.70. The monoisotopic (exact) mass is 305 g/mol. The molecule has 1 N–H and O–H groups in total. The zero-order chi connectivity index (χ0) is 13.8. The first-order chi connectivity index (χ1) is 9.88. The van der Waals surface area contributed by atoms with Gasteiger partial charge in [-0.25, -0.2) is 0 Å². The molecule has 0 spiro atoms. The average Bonchev–Trinajstić information content (AvgIpc) is 3.16. The van der Waals surface area contributed by atoms with Crippen LogP contribution in [0.15, 0.2) is 30.3 Å². The van der Waals surface area contributed by atoms with Gasteiger partial charge in [0.05, 0.1) is 11.3 Å². The van der Waals surface area contributed by atoms with Crippen molar-refractivity contribution < 1.29 is 0 Å². The molecule has 2 aromatic rings. The molecule has 0 bridgehead atoms. The molecule has 1 aliphatic heterocycles. The molecule has 0 radical (unpaired) electrons. The Morgan fingerprint density at radius 2 is 2.15 bits per heavy atom. The molecule has 2 atom stereocenters. The van der Waals surface area contributed by atoms with E-state index in [0.29, 0.717) is 5.25 Å². The van der Waals surface area contributed by atoms with E-state index in [1.54, 1.807) is 11.3 Å². The van der Waals surface area contributed by atoms with Crippen molar-refractivity contribution >= 4 is 23.1 Å². The third-order valence-corrected chi connectivity index (χ3v) is 6.09. The number of nitrogens with one attached hydrogen (secondary N) is 1. The van der Waals surface area contributed by atoms with Gasteiger partial charge in [0.1, 0.15) is 10.0 Å². The third kappa shape index (κ3) is 3.05. The van der Waals surface area contributed by atoms with Crippen molar-refractivity contribution in [1.29, 1.82) is 0 Å². The minimum Gasteiger partial charge on any atom is -0.304 e. The smallest absolute Gasteiger partial charge is 0.139 e. The lowest BCUT2D eigenvalue weighted by Gasteiger charge is -2.15. The predicted molar refractivity (Wildman–Crippen MR) is 86.3 cm³/mol. The summed E-state index contributed by atoms with van der Waals surface area (Å²) in [5, 5.41) is 15.3. The Morgan fingerprint density at radius 3 is 2.85 bits per heavy atom. The number of hydrogen-bond acceptors (Lipinski definition) is 5. The molecule has 106 valence electrons. The standard InChI is InChI=1S/C15H19N3S2/c1-2-16-13(11-7-4-3-5-8-11)15-18-17-14(20-15)12-9-6-10-19-12/h3-5,7-8,12-13,16H,2,6,9-10H2,1H3. The van der Waals surface area contributed by atoms with Crippen LogP contribution in [0, 0.1) is 0 Å². The highest BCUT2D eigenvalue weighted by atomic mass is 32.2. The van der Waals surface area contributed by atoms with Gasteiger partial charge in [0, 0.05) is 0 Å². The van der Waals surface area contributed by atoms with Crippen LogP contribution < -0.4 is 5.32 Å². The van der Waals surface area contributed by atoms with Crippen molar-refractivity contribution in [2.75, 3.05) is 12.3 Å². The topological polar surface area (TPSA) is 37.8 Å². The maximum atomic E-state index is 4.45. The highest BCUT2D eigenvalue weighted by Gasteiger charge is 2.24. The molecule has 0 saturated carbocycles. The average molecular weight is 305 g/mol. The first kappa shape index (κ1) is 14.0. The quantitative estimate of drug-likeness (QED) is 0.911. The van der Waals surface area contributed by atoms with E-state index >= 15 is 0 Å². The second kappa shape index (κ2) is 6.70. The molecule has 0 amide bonds. The fourth-order valence-electron chi connectivity index (χ4n) is 2.46. The zero-order valence-corrected chi connectivity index (χ0v) is 13.2. The van der Waals surface area contributed by atoms with E-state index in [1.165, 1.54) is 29.2 Å². The summed E-state index contributed by atoms with van der Waals surface area (Å²) in [7, 11) is 0. The second-order valence-electron chi connectivity index (χ2n) is 4.88. The second-order valence-corrected chi connectivity index (χ2v) is 7.23. The van der Waals surface area contributed by atoms with Crippen molar-refractivity contribution in [3.63, 3.8) is 0 Å². The van der Waals surface area contributed by atoms with Crippen molar-refractivity contribution in [3.8, 4) is 0 Å². The van der Waals surface area contributed by atoms with Crippen LogP contribution in [0.1, 0.15) is 46.6 Å². The van der Waals surface area contributed by atoms with Gasteiger partial charge in [-0.15, -0.1) is 10.2 Å². The molecule has 1 aromatic carbocycles. The summed E-state index contributed by atoms with van der Waals surface area (Å²) >= 11 is 3.78. The lowest BCUT2D eigenvalue weighted by molar-refractivity contribution is 0.621. The highest BCUT2D eigenvalue weighted by molar-refractivity contribution is 7.99. The Balaban J connectivity index is 1.84. The van der Waals surface area contributed by atoms with E-state index in [-0.39, 0.29) is 6.04 Å². The molecule has 1 saturated heterocycles. The van der Waals surface area contributed by atoms with Gasteiger partial charge in [0.2, 0.25) is 0 Å². The summed E-state index contributed by atoms with van der Waals surface area (Å²) in [5.74, 6) is 1.26. The number of aromatic nitrogens is 2. The van der Waals surface area contributed by atoms with Gasteiger partial charge in [0.25, 0.3) is 0 Å². The SMILES string of the molecule is CCNC(c1ccccc1)c1nnc(C2CCCS2)s1. The van der Waals surface area contributed by atoms with E-state index in [1.807, 2.05) is 17.8 Å².